The number of carboxylic acid groups (broad SMARTS) is 1. The van der Waals surface area contributed by atoms with Crippen molar-refractivity contribution in [1.29, 1.82) is 0 Å². The zero-order valence-corrected chi connectivity index (χ0v) is 26.3. The fraction of sp³-hybridized carbons (Fsp3) is 0.375. The molecule has 7 N–H and O–H groups in total. The van der Waals surface area contributed by atoms with Gasteiger partial charge in [0.25, 0.3) is 0 Å². The number of nitrogens with zero attached hydrogens (tertiary/aromatic N) is 1. The van der Waals surface area contributed by atoms with E-state index in [9.17, 15) is 33.9 Å². The van der Waals surface area contributed by atoms with E-state index in [0.29, 0.717) is 6.42 Å². The second-order valence-corrected chi connectivity index (χ2v) is 12.2. The van der Waals surface area contributed by atoms with Gasteiger partial charge in [-0.15, -0.1) is 0 Å². The maximum atomic E-state index is 14.0. The Bertz CT molecular complexity index is 1600. The molecule has 14 heteroatoms. The fourth-order valence-corrected chi connectivity index (χ4v) is 6.59. The van der Waals surface area contributed by atoms with Crippen molar-refractivity contribution >= 4 is 58.2 Å². The summed E-state index contributed by atoms with van der Waals surface area (Å²) in [6, 6.07) is 11.6. The molecule has 1 saturated heterocycles. The number of para-hydroxylation sites is 1. The topological polar surface area (TPSA) is 204 Å². The molecule has 2 heterocycles. The average Bonchev–Trinajstić information content (AvgIpc) is 3.64. The van der Waals surface area contributed by atoms with Gasteiger partial charge < -0.3 is 36.7 Å². The quantitative estimate of drug-likeness (QED) is 0.146. The van der Waals surface area contributed by atoms with Crippen molar-refractivity contribution in [2.45, 2.75) is 62.0 Å². The third-order valence-electron chi connectivity index (χ3n) is 7.93. The van der Waals surface area contributed by atoms with Gasteiger partial charge >= 0.3 is 5.97 Å². The van der Waals surface area contributed by atoms with Gasteiger partial charge in [-0.05, 0) is 29.9 Å². The SMILES string of the molecule is CS[C@H]1CCN(C(=O)[C@H](Cc2c[nH]c3ccccc23)NC(C)=O)[C@@H]1C(=O)N[C@@H](CC(=O)O)C(=O)N[C@@H](Cc1ccccc1)C(N)=O. The van der Waals surface area contributed by atoms with Gasteiger partial charge in [-0.25, -0.2) is 0 Å². The molecule has 0 radical (unpaired) electrons. The number of aliphatic carboxylic acids is 1. The molecule has 1 aliphatic heterocycles. The van der Waals surface area contributed by atoms with E-state index in [0.717, 1.165) is 22.0 Å². The lowest BCUT2D eigenvalue weighted by atomic mass is 10.0. The molecule has 3 aromatic rings. The number of H-pyrrole nitrogens is 1. The lowest BCUT2D eigenvalue weighted by Crippen LogP contribution is -2.59. The number of nitrogens with two attached hydrogens (primary N) is 1. The Balaban J connectivity index is 1.54. The number of likely N-dealkylation sites (tertiary alicyclic amines) is 1. The van der Waals surface area contributed by atoms with Crippen LogP contribution in [0.1, 0.15) is 30.9 Å². The van der Waals surface area contributed by atoms with E-state index < -0.39 is 66.1 Å². The Hall–Kier alpha value is -4.85. The Morgan fingerprint density at radius 1 is 0.957 bits per heavy atom. The Kier molecular flexibility index (Phi) is 11.4. The lowest BCUT2D eigenvalue weighted by molar-refractivity contribution is -0.143. The number of nitrogens with one attached hydrogen (secondary N) is 4. The number of thioether (sulfide) groups is 1. The highest BCUT2D eigenvalue weighted by Crippen LogP contribution is 2.29. The van der Waals surface area contributed by atoms with E-state index in [2.05, 4.69) is 20.9 Å². The molecule has 13 nitrogen and oxygen atoms in total. The number of aromatic nitrogens is 1. The highest BCUT2D eigenvalue weighted by atomic mass is 32.2. The summed E-state index contributed by atoms with van der Waals surface area (Å²) in [7, 11) is 0. The van der Waals surface area contributed by atoms with Gasteiger partial charge in [0.05, 0.1) is 6.42 Å². The van der Waals surface area contributed by atoms with E-state index in [-0.39, 0.29) is 24.6 Å². The van der Waals surface area contributed by atoms with Crippen molar-refractivity contribution in [1.82, 2.24) is 25.8 Å². The van der Waals surface area contributed by atoms with Crippen molar-refractivity contribution in [3.8, 4) is 0 Å². The third-order valence-corrected chi connectivity index (χ3v) is 9.02. The van der Waals surface area contributed by atoms with Crippen LogP contribution in [0, 0.1) is 0 Å². The number of benzene rings is 2. The van der Waals surface area contributed by atoms with E-state index in [1.54, 1.807) is 42.8 Å². The summed E-state index contributed by atoms with van der Waals surface area (Å²) in [5.74, 6) is -4.71. The number of carboxylic acids is 1. The van der Waals surface area contributed by atoms with Crippen molar-refractivity contribution in [3.63, 3.8) is 0 Å². The number of carbonyl (C=O) groups is 6. The first-order chi connectivity index (χ1) is 22.0. The van der Waals surface area contributed by atoms with Crippen LogP contribution in [0.5, 0.6) is 0 Å². The second-order valence-electron chi connectivity index (χ2n) is 11.2. The van der Waals surface area contributed by atoms with Gasteiger partial charge in [0.15, 0.2) is 0 Å². The van der Waals surface area contributed by atoms with Crippen LogP contribution >= 0.6 is 11.8 Å². The number of fused-ring (bicyclic) bond motifs is 1. The summed E-state index contributed by atoms with van der Waals surface area (Å²) >= 11 is 1.36. The minimum absolute atomic E-state index is 0.0655. The van der Waals surface area contributed by atoms with E-state index in [1.165, 1.54) is 23.6 Å². The largest absolute Gasteiger partial charge is 0.481 e. The average molecular weight is 651 g/mol. The molecule has 1 aliphatic rings. The number of carbonyl (C=O) groups excluding carboxylic acids is 5. The predicted octanol–water partition coefficient (Wildman–Crippen LogP) is 0.720. The van der Waals surface area contributed by atoms with Crippen LogP contribution in [-0.4, -0.2) is 92.7 Å². The Morgan fingerprint density at radius 2 is 1.65 bits per heavy atom. The first-order valence-electron chi connectivity index (χ1n) is 14.8. The van der Waals surface area contributed by atoms with E-state index in [4.69, 9.17) is 5.73 Å². The van der Waals surface area contributed by atoms with Crippen LogP contribution < -0.4 is 21.7 Å². The Labute approximate surface area is 270 Å². The second kappa shape index (κ2) is 15.4. The molecule has 5 amide bonds. The zero-order valence-electron chi connectivity index (χ0n) is 25.5. The lowest BCUT2D eigenvalue weighted by Gasteiger charge is -2.31. The van der Waals surface area contributed by atoms with Crippen LogP contribution in [0.4, 0.5) is 0 Å². The van der Waals surface area contributed by atoms with Gasteiger partial charge in [0.2, 0.25) is 29.5 Å². The predicted molar refractivity (Wildman–Crippen MR) is 172 cm³/mol. The van der Waals surface area contributed by atoms with Crippen LogP contribution in [0.15, 0.2) is 60.8 Å². The van der Waals surface area contributed by atoms with Crippen LogP contribution in [0.3, 0.4) is 0 Å². The van der Waals surface area contributed by atoms with Crippen molar-refractivity contribution < 1.29 is 33.9 Å². The highest BCUT2D eigenvalue weighted by molar-refractivity contribution is 7.99. The zero-order chi connectivity index (χ0) is 33.4. The van der Waals surface area contributed by atoms with Crippen LogP contribution in [-0.2, 0) is 41.6 Å². The highest BCUT2D eigenvalue weighted by Gasteiger charge is 2.44. The molecule has 2 aromatic carbocycles. The summed E-state index contributed by atoms with van der Waals surface area (Å²) in [5.41, 5.74) is 7.93. The first kappa shape index (κ1) is 34.0. The number of hydrogen-bond acceptors (Lipinski definition) is 7. The third kappa shape index (κ3) is 8.44. The van der Waals surface area contributed by atoms with Gasteiger partial charge in [-0.1, -0.05) is 48.5 Å². The minimum atomic E-state index is -1.56. The van der Waals surface area contributed by atoms with Crippen LogP contribution in [0.2, 0.25) is 0 Å². The summed E-state index contributed by atoms with van der Waals surface area (Å²) in [5, 5.41) is 17.8. The molecule has 4 rings (SSSR count). The number of hydrogen-bond donors (Lipinski definition) is 6. The van der Waals surface area contributed by atoms with Crippen molar-refractivity contribution in [3.05, 3.63) is 71.9 Å². The molecule has 244 valence electrons. The molecular formula is C32H38N6O7S. The van der Waals surface area contributed by atoms with Crippen molar-refractivity contribution in [2.24, 2.45) is 5.73 Å². The molecule has 0 spiro atoms. The smallest absolute Gasteiger partial charge is 0.305 e. The molecule has 0 saturated carbocycles. The standard InChI is InChI=1S/C32H38N6O7S/c1-18(39)35-25(15-20-17-34-22-11-7-6-10-21(20)22)32(45)38-13-12-26(46-2)28(38)31(44)37-24(16-27(40)41)30(43)36-23(29(33)42)14-19-8-4-3-5-9-19/h3-11,17,23-26,28,34H,12-16H2,1-2H3,(H2,33,42)(H,35,39)(H,36,43)(H,37,44)(H,40,41)/t23-,24-,25-,26-,28-/m0/s1. The molecule has 46 heavy (non-hydrogen) atoms. The molecular weight excluding hydrogens is 612 g/mol. The van der Waals surface area contributed by atoms with Gasteiger partial charge in [-0.3, -0.25) is 28.8 Å². The molecule has 0 aliphatic carbocycles. The summed E-state index contributed by atoms with van der Waals surface area (Å²) in [6.07, 6.45) is 3.49. The number of primary amides is 1. The van der Waals surface area contributed by atoms with E-state index in [1.807, 2.05) is 24.3 Å². The molecule has 0 bridgehead atoms. The summed E-state index contributed by atoms with van der Waals surface area (Å²) in [4.78, 5) is 81.7. The molecule has 1 aromatic heterocycles. The minimum Gasteiger partial charge on any atom is -0.481 e. The number of amides is 5. The monoisotopic (exact) mass is 650 g/mol. The summed E-state index contributed by atoms with van der Waals surface area (Å²) in [6.45, 7) is 1.52. The fourth-order valence-electron chi connectivity index (χ4n) is 5.72. The van der Waals surface area contributed by atoms with E-state index >= 15 is 0 Å². The Morgan fingerprint density at radius 3 is 2.30 bits per heavy atom. The molecule has 5 atom stereocenters. The summed E-state index contributed by atoms with van der Waals surface area (Å²) < 4.78 is 0. The first-order valence-corrected chi connectivity index (χ1v) is 16.1. The van der Waals surface area contributed by atoms with Crippen LogP contribution in [0.25, 0.3) is 10.9 Å². The van der Waals surface area contributed by atoms with Gasteiger partial charge in [0.1, 0.15) is 24.2 Å². The van der Waals surface area contributed by atoms with Gasteiger partial charge in [0, 0.05) is 48.7 Å². The van der Waals surface area contributed by atoms with Crippen molar-refractivity contribution in [2.75, 3.05) is 12.8 Å². The number of aromatic amines is 1. The maximum absolute atomic E-state index is 14.0. The number of rotatable bonds is 14. The van der Waals surface area contributed by atoms with Gasteiger partial charge in [-0.2, -0.15) is 11.8 Å². The molecule has 0 unspecified atom stereocenters. The molecule has 1 fully saturated rings. The normalized spacial score (nSPS) is 17.9. The maximum Gasteiger partial charge on any atom is 0.305 e.